The highest BCUT2D eigenvalue weighted by Crippen LogP contribution is 2.13. The van der Waals surface area contributed by atoms with Crippen LogP contribution in [-0.4, -0.2) is 12.5 Å². The fraction of sp³-hybridized carbons (Fsp3) is 0.375. The molecule has 12 heavy (non-hydrogen) atoms. The molecule has 0 atom stereocenters. The van der Waals surface area contributed by atoms with Gasteiger partial charge in [0.2, 0.25) is 0 Å². The van der Waals surface area contributed by atoms with Crippen molar-refractivity contribution in [1.82, 2.24) is 5.32 Å². The van der Waals surface area contributed by atoms with Crippen molar-refractivity contribution in [2.45, 2.75) is 13.3 Å². The van der Waals surface area contributed by atoms with E-state index in [-0.39, 0.29) is 5.91 Å². The molecule has 66 valence electrons. The summed E-state index contributed by atoms with van der Waals surface area (Å²) in [7, 11) is 0. The van der Waals surface area contributed by atoms with Gasteiger partial charge < -0.3 is 9.73 Å². The molecule has 0 saturated carbocycles. The van der Waals surface area contributed by atoms with E-state index >= 15 is 0 Å². The Morgan fingerprint density at radius 3 is 2.92 bits per heavy atom. The minimum absolute atomic E-state index is 0.164. The highest BCUT2D eigenvalue weighted by atomic mass is 79.9. The minimum Gasteiger partial charge on any atom is -0.444 e. The van der Waals surface area contributed by atoms with E-state index in [0.717, 1.165) is 6.42 Å². The van der Waals surface area contributed by atoms with Crippen molar-refractivity contribution < 1.29 is 9.21 Å². The second kappa shape index (κ2) is 4.30. The fourth-order valence-electron chi connectivity index (χ4n) is 0.762. The number of rotatable bonds is 3. The summed E-state index contributed by atoms with van der Waals surface area (Å²) in [6.45, 7) is 2.68. The van der Waals surface area contributed by atoms with Crippen LogP contribution in [0.5, 0.6) is 0 Å². The second-order valence-electron chi connectivity index (χ2n) is 2.36. The Morgan fingerprint density at radius 1 is 1.67 bits per heavy atom. The van der Waals surface area contributed by atoms with E-state index in [9.17, 15) is 4.79 Å². The van der Waals surface area contributed by atoms with Crippen LogP contribution in [0.25, 0.3) is 0 Å². The zero-order valence-corrected chi connectivity index (χ0v) is 8.35. The van der Waals surface area contributed by atoms with E-state index in [2.05, 4.69) is 21.2 Å². The number of furan rings is 1. The molecule has 0 unspecified atom stereocenters. The third kappa shape index (κ3) is 2.37. The molecule has 0 aliphatic carbocycles. The first-order chi connectivity index (χ1) is 5.74. The van der Waals surface area contributed by atoms with E-state index < -0.39 is 0 Å². The van der Waals surface area contributed by atoms with E-state index in [4.69, 9.17) is 4.42 Å². The third-order valence-electron chi connectivity index (χ3n) is 1.33. The molecular weight excluding hydrogens is 222 g/mol. The zero-order valence-electron chi connectivity index (χ0n) is 6.76. The van der Waals surface area contributed by atoms with Gasteiger partial charge in [-0.05, 0) is 34.5 Å². The standard InChI is InChI=1S/C8H10BrNO2/c1-2-5-10-8(11)6-3-4-7(9)12-6/h3-4H,2,5H2,1H3,(H,10,11). The summed E-state index contributed by atoms with van der Waals surface area (Å²) in [5, 5.41) is 2.71. The highest BCUT2D eigenvalue weighted by molar-refractivity contribution is 9.10. The Balaban J connectivity index is 2.53. The lowest BCUT2D eigenvalue weighted by atomic mass is 10.4. The van der Waals surface area contributed by atoms with Crippen LogP contribution in [0.3, 0.4) is 0 Å². The van der Waals surface area contributed by atoms with Crippen LogP contribution in [0.4, 0.5) is 0 Å². The Labute approximate surface area is 79.3 Å². The maximum Gasteiger partial charge on any atom is 0.287 e. The van der Waals surface area contributed by atoms with Gasteiger partial charge in [0, 0.05) is 6.54 Å². The molecule has 0 spiro atoms. The summed E-state index contributed by atoms with van der Waals surface area (Å²) in [6.07, 6.45) is 0.924. The first-order valence-corrected chi connectivity index (χ1v) is 4.57. The number of hydrogen-bond donors (Lipinski definition) is 1. The number of amides is 1. The molecule has 0 bridgehead atoms. The molecule has 1 N–H and O–H groups in total. The predicted molar refractivity (Wildman–Crippen MR) is 49.0 cm³/mol. The minimum atomic E-state index is -0.164. The van der Waals surface area contributed by atoms with Gasteiger partial charge in [-0.3, -0.25) is 4.79 Å². The van der Waals surface area contributed by atoms with Gasteiger partial charge in [-0.25, -0.2) is 0 Å². The van der Waals surface area contributed by atoms with Crippen molar-refractivity contribution in [3.63, 3.8) is 0 Å². The Hall–Kier alpha value is -0.770. The molecule has 1 heterocycles. The van der Waals surface area contributed by atoms with Crippen LogP contribution in [0.15, 0.2) is 21.2 Å². The number of nitrogens with one attached hydrogen (secondary N) is 1. The Bertz CT molecular complexity index is 270. The molecule has 1 aromatic heterocycles. The first-order valence-electron chi connectivity index (χ1n) is 3.77. The van der Waals surface area contributed by atoms with E-state index in [0.29, 0.717) is 17.0 Å². The summed E-state index contributed by atoms with van der Waals surface area (Å²) in [5.74, 6) is 0.179. The molecular formula is C8H10BrNO2. The number of carbonyl (C=O) groups excluding carboxylic acids is 1. The Kier molecular flexibility index (Phi) is 3.34. The predicted octanol–water partition coefficient (Wildman–Crippen LogP) is 2.18. The Morgan fingerprint density at radius 2 is 2.42 bits per heavy atom. The summed E-state index contributed by atoms with van der Waals surface area (Å²) < 4.78 is 5.62. The summed E-state index contributed by atoms with van der Waals surface area (Å²) in [4.78, 5) is 11.2. The van der Waals surface area contributed by atoms with Gasteiger partial charge in [0.05, 0.1) is 0 Å². The molecule has 1 amide bonds. The van der Waals surface area contributed by atoms with Crippen molar-refractivity contribution in [2.75, 3.05) is 6.54 Å². The topological polar surface area (TPSA) is 42.2 Å². The fourth-order valence-corrected chi connectivity index (χ4v) is 1.07. The lowest BCUT2D eigenvalue weighted by Gasteiger charge is -1.98. The molecule has 0 aliphatic heterocycles. The van der Waals surface area contributed by atoms with Crippen molar-refractivity contribution in [3.8, 4) is 0 Å². The van der Waals surface area contributed by atoms with E-state index in [1.165, 1.54) is 0 Å². The van der Waals surface area contributed by atoms with Crippen LogP contribution in [-0.2, 0) is 0 Å². The van der Waals surface area contributed by atoms with Crippen LogP contribution >= 0.6 is 15.9 Å². The molecule has 0 saturated heterocycles. The normalized spacial score (nSPS) is 9.83. The van der Waals surface area contributed by atoms with Gasteiger partial charge >= 0.3 is 0 Å². The maximum atomic E-state index is 11.2. The summed E-state index contributed by atoms with van der Waals surface area (Å²) >= 11 is 3.12. The lowest BCUT2D eigenvalue weighted by Crippen LogP contribution is -2.23. The van der Waals surface area contributed by atoms with Crippen molar-refractivity contribution >= 4 is 21.8 Å². The molecule has 1 aromatic rings. The lowest BCUT2D eigenvalue weighted by molar-refractivity contribution is 0.0924. The molecule has 1 rings (SSSR count). The summed E-state index contributed by atoms with van der Waals surface area (Å²) in [5.41, 5.74) is 0. The smallest absolute Gasteiger partial charge is 0.287 e. The molecule has 4 heteroatoms. The average Bonchev–Trinajstić information content (AvgIpc) is 2.47. The third-order valence-corrected chi connectivity index (χ3v) is 1.76. The zero-order chi connectivity index (χ0) is 8.97. The average molecular weight is 232 g/mol. The molecule has 0 aromatic carbocycles. The number of halogens is 1. The molecule has 0 radical (unpaired) electrons. The van der Waals surface area contributed by atoms with Gasteiger partial charge in [0.25, 0.3) is 5.91 Å². The van der Waals surface area contributed by atoms with Crippen LogP contribution < -0.4 is 5.32 Å². The van der Waals surface area contributed by atoms with Gasteiger partial charge in [-0.15, -0.1) is 0 Å². The van der Waals surface area contributed by atoms with Gasteiger partial charge in [-0.2, -0.15) is 0 Å². The SMILES string of the molecule is CCCNC(=O)c1ccc(Br)o1. The largest absolute Gasteiger partial charge is 0.444 e. The molecule has 3 nitrogen and oxygen atoms in total. The van der Waals surface area contributed by atoms with E-state index in [1.807, 2.05) is 6.92 Å². The number of hydrogen-bond acceptors (Lipinski definition) is 2. The monoisotopic (exact) mass is 231 g/mol. The quantitative estimate of drug-likeness (QED) is 0.867. The van der Waals surface area contributed by atoms with Crippen LogP contribution in [0.2, 0.25) is 0 Å². The van der Waals surface area contributed by atoms with Crippen molar-refractivity contribution in [1.29, 1.82) is 0 Å². The van der Waals surface area contributed by atoms with Gasteiger partial charge in [0.1, 0.15) is 0 Å². The van der Waals surface area contributed by atoms with E-state index in [1.54, 1.807) is 12.1 Å². The van der Waals surface area contributed by atoms with Gasteiger partial charge in [-0.1, -0.05) is 6.92 Å². The number of carbonyl (C=O) groups is 1. The van der Waals surface area contributed by atoms with Crippen LogP contribution in [0.1, 0.15) is 23.9 Å². The molecule has 0 aliphatic rings. The second-order valence-corrected chi connectivity index (χ2v) is 3.14. The first kappa shape index (κ1) is 9.32. The van der Waals surface area contributed by atoms with Crippen molar-refractivity contribution in [2.24, 2.45) is 0 Å². The highest BCUT2D eigenvalue weighted by Gasteiger charge is 2.08. The molecule has 0 fully saturated rings. The van der Waals surface area contributed by atoms with Crippen molar-refractivity contribution in [3.05, 3.63) is 22.6 Å². The van der Waals surface area contributed by atoms with Crippen LogP contribution in [0, 0.1) is 0 Å². The van der Waals surface area contributed by atoms with Gasteiger partial charge in [0.15, 0.2) is 10.4 Å². The summed E-state index contributed by atoms with van der Waals surface area (Å²) in [6, 6.07) is 3.33. The maximum absolute atomic E-state index is 11.2.